The van der Waals surface area contributed by atoms with Crippen LogP contribution >= 0.6 is 0 Å². The third-order valence-corrected chi connectivity index (χ3v) is 2.13. The van der Waals surface area contributed by atoms with Crippen molar-refractivity contribution in [3.8, 4) is 0 Å². The van der Waals surface area contributed by atoms with Gasteiger partial charge in [-0.1, -0.05) is 13.8 Å². The van der Waals surface area contributed by atoms with Gasteiger partial charge in [-0.15, -0.1) is 0 Å². The number of amides is 1. The van der Waals surface area contributed by atoms with E-state index in [0.717, 1.165) is 6.42 Å². The van der Waals surface area contributed by atoms with Gasteiger partial charge >= 0.3 is 0 Å². The molecule has 0 aliphatic carbocycles. The summed E-state index contributed by atoms with van der Waals surface area (Å²) in [6.07, 6.45) is 1.10. The summed E-state index contributed by atoms with van der Waals surface area (Å²) in [5.41, 5.74) is 0. The monoisotopic (exact) mass is 217 g/mol. The van der Waals surface area contributed by atoms with Crippen molar-refractivity contribution in [3.05, 3.63) is 0 Å². The molecule has 1 amide bonds. The smallest absolute Gasteiger partial charge is 0.220 e. The van der Waals surface area contributed by atoms with Crippen LogP contribution in [0.3, 0.4) is 0 Å². The molecule has 0 aliphatic rings. The van der Waals surface area contributed by atoms with Crippen LogP contribution in [0.4, 0.5) is 0 Å². The Bertz CT molecular complexity index is 181. The number of hydrogen-bond donors (Lipinski definition) is 3. The molecular weight excluding hydrogens is 194 g/mol. The highest BCUT2D eigenvalue weighted by Crippen LogP contribution is 2.05. The van der Waals surface area contributed by atoms with Gasteiger partial charge in [-0.2, -0.15) is 0 Å². The first-order chi connectivity index (χ1) is 6.95. The fourth-order valence-electron chi connectivity index (χ4n) is 1.39. The Balaban J connectivity index is 3.80. The van der Waals surface area contributed by atoms with Gasteiger partial charge < -0.3 is 15.5 Å². The van der Waals surface area contributed by atoms with E-state index >= 15 is 0 Å². The van der Waals surface area contributed by atoms with Gasteiger partial charge in [0.1, 0.15) is 0 Å². The summed E-state index contributed by atoms with van der Waals surface area (Å²) in [6.45, 7) is 5.72. The maximum atomic E-state index is 11.4. The zero-order chi connectivity index (χ0) is 11.8. The zero-order valence-corrected chi connectivity index (χ0v) is 9.86. The third kappa shape index (κ3) is 8.39. The van der Waals surface area contributed by atoms with Gasteiger partial charge in [0.15, 0.2) is 0 Å². The molecular formula is C11H23NO3. The number of rotatable bonds is 7. The topological polar surface area (TPSA) is 69.6 Å². The molecule has 0 heterocycles. The molecule has 0 saturated heterocycles. The molecule has 2 atom stereocenters. The molecule has 15 heavy (non-hydrogen) atoms. The normalized spacial score (nSPS) is 15.1. The lowest BCUT2D eigenvalue weighted by Gasteiger charge is -2.18. The molecule has 0 radical (unpaired) electrons. The van der Waals surface area contributed by atoms with Crippen molar-refractivity contribution in [2.75, 3.05) is 6.61 Å². The van der Waals surface area contributed by atoms with E-state index in [0.29, 0.717) is 18.8 Å². The number of nitrogens with one attached hydrogen (secondary N) is 1. The Labute approximate surface area is 91.7 Å². The maximum absolute atomic E-state index is 11.4. The van der Waals surface area contributed by atoms with Crippen LogP contribution in [-0.4, -0.2) is 34.9 Å². The number of hydrogen-bond acceptors (Lipinski definition) is 3. The lowest BCUT2D eigenvalue weighted by atomic mass is 10.0. The summed E-state index contributed by atoms with van der Waals surface area (Å²) in [6, 6.07) is -0.161. The molecule has 0 aromatic rings. The van der Waals surface area contributed by atoms with Gasteiger partial charge in [-0.25, -0.2) is 0 Å². The van der Waals surface area contributed by atoms with Gasteiger partial charge in [0.25, 0.3) is 0 Å². The first-order valence-corrected chi connectivity index (χ1v) is 5.54. The Morgan fingerprint density at radius 2 is 1.93 bits per heavy atom. The fraction of sp³-hybridized carbons (Fsp3) is 0.909. The summed E-state index contributed by atoms with van der Waals surface area (Å²) in [4.78, 5) is 11.4. The lowest BCUT2D eigenvalue weighted by molar-refractivity contribution is -0.122. The Hall–Kier alpha value is -0.610. The number of aliphatic hydroxyl groups excluding tert-OH is 2. The van der Waals surface area contributed by atoms with E-state index < -0.39 is 6.10 Å². The quantitative estimate of drug-likeness (QED) is 0.587. The molecule has 0 spiro atoms. The van der Waals surface area contributed by atoms with E-state index in [9.17, 15) is 4.79 Å². The van der Waals surface area contributed by atoms with Crippen molar-refractivity contribution in [1.82, 2.24) is 5.32 Å². The number of aliphatic hydroxyl groups is 2. The van der Waals surface area contributed by atoms with Crippen molar-refractivity contribution in [2.45, 2.75) is 52.2 Å². The second kappa shape index (κ2) is 7.65. The summed E-state index contributed by atoms with van der Waals surface area (Å²) in [5.74, 6) is 0.342. The molecule has 2 unspecified atom stereocenters. The molecule has 0 aliphatic heterocycles. The van der Waals surface area contributed by atoms with E-state index in [1.54, 1.807) is 6.92 Å². The van der Waals surface area contributed by atoms with Gasteiger partial charge in [-0.05, 0) is 25.7 Å². The Kier molecular flexibility index (Phi) is 7.34. The number of carbonyl (C=O) groups is 1. The fourth-order valence-corrected chi connectivity index (χ4v) is 1.39. The largest absolute Gasteiger partial charge is 0.394 e. The second-order valence-electron chi connectivity index (χ2n) is 4.46. The van der Waals surface area contributed by atoms with Gasteiger partial charge in [0.05, 0.1) is 18.8 Å². The van der Waals surface area contributed by atoms with Crippen LogP contribution in [0.2, 0.25) is 0 Å². The van der Waals surface area contributed by atoms with E-state index in [1.807, 2.05) is 13.8 Å². The molecule has 90 valence electrons. The summed E-state index contributed by atoms with van der Waals surface area (Å²) >= 11 is 0. The molecule has 0 fully saturated rings. The Morgan fingerprint density at radius 3 is 2.33 bits per heavy atom. The summed E-state index contributed by atoms with van der Waals surface area (Å²) in [5, 5.41) is 20.8. The average molecular weight is 217 g/mol. The predicted octanol–water partition coefficient (Wildman–Crippen LogP) is 0.671. The van der Waals surface area contributed by atoms with E-state index in [-0.39, 0.29) is 18.6 Å². The van der Waals surface area contributed by atoms with Gasteiger partial charge in [0.2, 0.25) is 5.91 Å². The van der Waals surface area contributed by atoms with Crippen LogP contribution in [0.5, 0.6) is 0 Å². The molecule has 4 nitrogen and oxygen atoms in total. The van der Waals surface area contributed by atoms with Crippen LogP contribution in [0.15, 0.2) is 0 Å². The molecule has 0 saturated carbocycles. The molecule has 3 N–H and O–H groups in total. The molecule has 0 rings (SSSR count). The highest BCUT2D eigenvalue weighted by atomic mass is 16.3. The second-order valence-corrected chi connectivity index (χ2v) is 4.46. The predicted molar refractivity (Wildman–Crippen MR) is 59.4 cm³/mol. The summed E-state index contributed by atoms with van der Waals surface area (Å²) < 4.78 is 0. The van der Waals surface area contributed by atoms with E-state index in [4.69, 9.17) is 10.2 Å². The number of carbonyl (C=O) groups excluding carboxylic acids is 1. The van der Waals surface area contributed by atoms with Crippen LogP contribution in [0, 0.1) is 5.92 Å². The highest BCUT2D eigenvalue weighted by molar-refractivity contribution is 5.76. The van der Waals surface area contributed by atoms with E-state index in [1.165, 1.54) is 0 Å². The highest BCUT2D eigenvalue weighted by Gasteiger charge is 2.13. The van der Waals surface area contributed by atoms with Crippen LogP contribution in [0.25, 0.3) is 0 Å². The third-order valence-electron chi connectivity index (χ3n) is 2.13. The van der Waals surface area contributed by atoms with E-state index in [2.05, 4.69) is 5.32 Å². The van der Waals surface area contributed by atoms with Crippen LogP contribution < -0.4 is 5.32 Å². The molecule has 4 heteroatoms. The zero-order valence-electron chi connectivity index (χ0n) is 9.86. The van der Waals surface area contributed by atoms with Gasteiger partial charge in [-0.3, -0.25) is 4.79 Å². The van der Waals surface area contributed by atoms with Crippen molar-refractivity contribution in [1.29, 1.82) is 0 Å². The van der Waals surface area contributed by atoms with Crippen molar-refractivity contribution in [3.63, 3.8) is 0 Å². The summed E-state index contributed by atoms with van der Waals surface area (Å²) in [7, 11) is 0. The average Bonchev–Trinajstić information content (AvgIpc) is 2.13. The van der Waals surface area contributed by atoms with Crippen LogP contribution in [0.1, 0.15) is 40.0 Å². The van der Waals surface area contributed by atoms with Gasteiger partial charge in [0, 0.05) is 6.42 Å². The minimum atomic E-state index is -0.451. The van der Waals surface area contributed by atoms with Crippen molar-refractivity contribution in [2.24, 2.45) is 5.92 Å². The minimum absolute atomic E-state index is 0.0292. The molecule has 0 bridgehead atoms. The van der Waals surface area contributed by atoms with Crippen molar-refractivity contribution < 1.29 is 15.0 Å². The standard InChI is InChI=1S/C11H23NO3/c1-8(2)6-10(7-13)12-11(15)5-4-9(3)14/h8-10,13-14H,4-7H2,1-3H3,(H,12,15). The lowest BCUT2D eigenvalue weighted by Crippen LogP contribution is -2.38. The first-order valence-electron chi connectivity index (χ1n) is 5.54. The minimum Gasteiger partial charge on any atom is -0.394 e. The Morgan fingerprint density at radius 1 is 1.33 bits per heavy atom. The first kappa shape index (κ1) is 14.4. The molecule has 0 aromatic heterocycles. The molecule has 0 aromatic carbocycles. The SMILES string of the molecule is CC(C)CC(CO)NC(=O)CCC(C)O. The maximum Gasteiger partial charge on any atom is 0.220 e. The van der Waals surface area contributed by atoms with Crippen molar-refractivity contribution >= 4 is 5.91 Å². The van der Waals surface area contributed by atoms with Crippen LogP contribution in [-0.2, 0) is 4.79 Å².